The van der Waals surface area contributed by atoms with Crippen LogP contribution in [0.5, 0.6) is 0 Å². The molecule has 7 nitrogen and oxygen atoms in total. The predicted octanol–water partition coefficient (Wildman–Crippen LogP) is 6.09. The number of hydrogen-bond acceptors (Lipinski definition) is 6. The smallest absolute Gasteiger partial charge is 0.328 e. The number of anilines is 1. The van der Waals surface area contributed by atoms with E-state index in [0.29, 0.717) is 10.9 Å². The maximum atomic E-state index is 11.5. The third-order valence-electron chi connectivity index (χ3n) is 6.40. The Morgan fingerprint density at radius 3 is 2.17 bits per heavy atom. The van der Waals surface area contributed by atoms with E-state index in [4.69, 9.17) is 23.2 Å². The van der Waals surface area contributed by atoms with Crippen molar-refractivity contribution in [1.82, 2.24) is 19.4 Å². The predicted molar refractivity (Wildman–Crippen MR) is 168 cm³/mol. The molecule has 1 aliphatic heterocycles. The van der Waals surface area contributed by atoms with Gasteiger partial charge in [-0.3, -0.25) is 9.36 Å². The van der Waals surface area contributed by atoms with E-state index in [1.165, 1.54) is 12.7 Å². The summed E-state index contributed by atoms with van der Waals surface area (Å²) < 4.78 is 1.06. The van der Waals surface area contributed by atoms with Crippen molar-refractivity contribution >= 4 is 51.1 Å². The SMILES string of the molecule is CN1CCN(c2cccc(Cl)c2)CC1.Cc1csc(-c2ccc(Cl)cc2)n1.Cn1c(=O)[nH]c2ccccc2c1=O.[V]. The number of rotatable bonds is 2. The molecule has 2 aromatic heterocycles. The third kappa shape index (κ3) is 9.07. The standard InChI is InChI=1S/C11H15ClN2.C10H8ClNS.C9H8N2O2.V/c1-13-5-7-14(8-6-13)11-4-2-3-10(12)9-11;1-7-6-13-10(12-7)8-2-4-9(11)5-3-8;1-11-8(12)6-4-2-3-5-7(6)10-9(11)13;/h2-4,9H,5-8H2,1H3;2-6H,1H3;2-5H,1H3,(H,10,13);. The Hall–Kier alpha value is -2.85. The second kappa shape index (κ2) is 15.4. The first-order chi connectivity index (χ1) is 19.2. The molecular formula is C30H31Cl2N5O2SV. The molecule has 3 heterocycles. The molecule has 1 saturated heterocycles. The second-order valence-electron chi connectivity index (χ2n) is 9.41. The molecule has 0 bridgehead atoms. The molecule has 0 amide bonds. The summed E-state index contributed by atoms with van der Waals surface area (Å²) in [5.41, 5.74) is 3.36. The molecule has 41 heavy (non-hydrogen) atoms. The van der Waals surface area contributed by atoms with Crippen LogP contribution in [0.25, 0.3) is 21.5 Å². The van der Waals surface area contributed by atoms with E-state index in [-0.39, 0.29) is 29.8 Å². The topological polar surface area (TPSA) is 74.2 Å². The van der Waals surface area contributed by atoms with Gasteiger partial charge in [-0.1, -0.05) is 53.5 Å². The number of piperazine rings is 1. The molecule has 3 aromatic carbocycles. The van der Waals surface area contributed by atoms with Gasteiger partial charge in [-0.15, -0.1) is 11.3 Å². The number of likely N-dealkylation sites (N-methyl/N-ethyl adjacent to an activating group) is 1. The Morgan fingerprint density at radius 1 is 0.854 bits per heavy atom. The summed E-state index contributed by atoms with van der Waals surface area (Å²) in [6, 6.07) is 22.8. The minimum Gasteiger partial charge on any atom is -0.369 e. The fraction of sp³-hybridized carbons (Fsp3) is 0.233. The molecule has 0 atom stereocenters. The van der Waals surface area contributed by atoms with Gasteiger partial charge >= 0.3 is 5.69 Å². The summed E-state index contributed by atoms with van der Waals surface area (Å²) in [5, 5.41) is 5.21. The first kappa shape index (κ1) is 32.7. The minimum atomic E-state index is -0.385. The maximum absolute atomic E-state index is 11.5. The van der Waals surface area contributed by atoms with Gasteiger partial charge in [0.15, 0.2) is 0 Å². The van der Waals surface area contributed by atoms with Crippen molar-refractivity contribution in [3.05, 3.63) is 115 Å². The fourth-order valence-corrected chi connectivity index (χ4v) is 5.18. The maximum Gasteiger partial charge on any atom is 0.328 e. The van der Waals surface area contributed by atoms with Crippen molar-refractivity contribution in [2.24, 2.45) is 7.05 Å². The normalized spacial score (nSPS) is 13.0. The fourth-order valence-electron chi connectivity index (χ4n) is 4.07. The minimum absolute atomic E-state index is 0. The van der Waals surface area contributed by atoms with Gasteiger partial charge in [0.05, 0.1) is 10.9 Å². The number of nitrogens with zero attached hydrogens (tertiary/aromatic N) is 4. The van der Waals surface area contributed by atoms with Gasteiger partial charge in [0, 0.05) is 84.2 Å². The van der Waals surface area contributed by atoms with E-state index < -0.39 is 0 Å². The number of aryl methyl sites for hydroxylation is 1. The number of para-hydroxylation sites is 1. The van der Waals surface area contributed by atoms with Gasteiger partial charge < -0.3 is 14.8 Å². The van der Waals surface area contributed by atoms with Crippen molar-refractivity contribution in [3.63, 3.8) is 0 Å². The molecule has 0 spiro atoms. The van der Waals surface area contributed by atoms with Gasteiger partial charge in [-0.05, 0) is 56.4 Å². The van der Waals surface area contributed by atoms with Crippen LogP contribution in [0.15, 0.2) is 87.8 Å². The Balaban J connectivity index is 0.000000167. The molecule has 1 radical (unpaired) electrons. The molecular weight excluding hydrogens is 616 g/mol. The average molecular weight is 648 g/mol. The molecule has 11 heteroatoms. The number of nitrogens with one attached hydrogen (secondary N) is 1. The van der Waals surface area contributed by atoms with E-state index in [2.05, 4.69) is 32.9 Å². The Labute approximate surface area is 265 Å². The number of thiazole rings is 1. The Kier molecular flexibility index (Phi) is 12.3. The van der Waals surface area contributed by atoms with Crippen molar-refractivity contribution in [3.8, 4) is 10.6 Å². The second-order valence-corrected chi connectivity index (χ2v) is 11.1. The number of H-pyrrole nitrogens is 1. The molecule has 1 fully saturated rings. The van der Waals surface area contributed by atoms with Crippen molar-refractivity contribution < 1.29 is 18.6 Å². The molecule has 213 valence electrons. The molecule has 0 aliphatic carbocycles. The van der Waals surface area contributed by atoms with Crippen LogP contribution >= 0.6 is 34.5 Å². The monoisotopic (exact) mass is 646 g/mol. The van der Waals surface area contributed by atoms with Gasteiger partial charge in [-0.25, -0.2) is 9.78 Å². The van der Waals surface area contributed by atoms with Crippen LogP contribution in [0.4, 0.5) is 5.69 Å². The van der Waals surface area contributed by atoms with E-state index in [1.807, 2.05) is 54.8 Å². The van der Waals surface area contributed by atoms with Crippen LogP contribution in [0.2, 0.25) is 10.0 Å². The first-order valence-corrected chi connectivity index (χ1v) is 14.4. The van der Waals surface area contributed by atoms with Crippen LogP contribution in [0, 0.1) is 6.92 Å². The molecule has 1 aliphatic rings. The number of aromatic amines is 1. The third-order valence-corrected chi connectivity index (χ3v) is 7.89. The average Bonchev–Trinajstić information content (AvgIpc) is 3.39. The zero-order chi connectivity index (χ0) is 28.6. The molecule has 0 unspecified atom stereocenters. The zero-order valence-corrected chi connectivity index (χ0v) is 26.8. The number of fused-ring (bicyclic) bond motifs is 1. The summed E-state index contributed by atoms with van der Waals surface area (Å²) in [6.07, 6.45) is 0. The van der Waals surface area contributed by atoms with Crippen molar-refractivity contribution in [2.45, 2.75) is 6.92 Å². The number of benzene rings is 3. The number of aromatic nitrogens is 3. The summed E-state index contributed by atoms with van der Waals surface area (Å²) in [4.78, 5) is 34.4. The van der Waals surface area contributed by atoms with E-state index >= 15 is 0 Å². The summed E-state index contributed by atoms with van der Waals surface area (Å²) in [7, 11) is 3.61. The summed E-state index contributed by atoms with van der Waals surface area (Å²) in [5.74, 6) is 0. The van der Waals surface area contributed by atoms with Gasteiger partial charge in [0.1, 0.15) is 5.01 Å². The molecule has 6 rings (SSSR count). The molecule has 1 N–H and O–H groups in total. The van der Waals surface area contributed by atoms with Crippen molar-refractivity contribution in [2.75, 3.05) is 38.1 Å². The van der Waals surface area contributed by atoms with Crippen LogP contribution in [0.3, 0.4) is 0 Å². The zero-order valence-electron chi connectivity index (χ0n) is 23.1. The van der Waals surface area contributed by atoms with Crippen LogP contribution in [0.1, 0.15) is 5.69 Å². The summed E-state index contributed by atoms with van der Waals surface area (Å²) >= 11 is 13.4. The quantitative estimate of drug-likeness (QED) is 0.251. The van der Waals surface area contributed by atoms with Crippen molar-refractivity contribution in [1.29, 1.82) is 0 Å². The molecule has 0 saturated carbocycles. The van der Waals surface area contributed by atoms with Gasteiger partial charge in [0.2, 0.25) is 0 Å². The first-order valence-electron chi connectivity index (χ1n) is 12.8. The summed E-state index contributed by atoms with van der Waals surface area (Å²) in [6.45, 7) is 6.45. The van der Waals surface area contributed by atoms with Gasteiger partial charge in [-0.2, -0.15) is 0 Å². The number of hydrogen-bond donors (Lipinski definition) is 1. The molecule has 5 aromatic rings. The number of halogens is 2. The van der Waals surface area contributed by atoms with Crippen LogP contribution in [-0.4, -0.2) is 52.7 Å². The van der Waals surface area contributed by atoms with Gasteiger partial charge in [0.25, 0.3) is 5.56 Å². The van der Waals surface area contributed by atoms with Crippen LogP contribution < -0.4 is 16.1 Å². The van der Waals surface area contributed by atoms with E-state index in [0.717, 1.165) is 57.1 Å². The van der Waals surface area contributed by atoms with E-state index in [1.54, 1.807) is 35.6 Å². The largest absolute Gasteiger partial charge is 0.369 e. The van der Waals surface area contributed by atoms with Crippen LogP contribution in [-0.2, 0) is 25.6 Å². The Bertz CT molecular complexity index is 1680. The Morgan fingerprint density at radius 2 is 1.54 bits per heavy atom. The van der Waals surface area contributed by atoms with E-state index in [9.17, 15) is 9.59 Å².